The topological polar surface area (TPSA) is 56.1 Å². The summed E-state index contributed by atoms with van der Waals surface area (Å²) in [4.78, 5) is 14.5. The summed E-state index contributed by atoms with van der Waals surface area (Å²) in [6, 6.07) is 9.53. The average Bonchev–Trinajstić information content (AvgIpc) is 3.25. The molecule has 1 saturated heterocycles. The first kappa shape index (κ1) is 15.9. The number of hydrogen-bond acceptors (Lipinski definition) is 2. The van der Waals surface area contributed by atoms with Gasteiger partial charge in [0.2, 0.25) is 0 Å². The Balaban J connectivity index is 1.53. The third-order valence-electron chi connectivity index (χ3n) is 5.46. The molecule has 0 radical (unpaired) electrons. The van der Waals surface area contributed by atoms with E-state index in [0.29, 0.717) is 11.5 Å². The van der Waals surface area contributed by atoms with Gasteiger partial charge in [-0.25, -0.2) is 4.79 Å². The van der Waals surface area contributed by atoms with Crippen molar-refractivity contribution in [2.75, 3.05) is 13.1 Å². The van der Waals surface area contributed by atoms with Gasteiger partial charge in [-0.3, -0.25) is 0 Å². The fourth-order valence-electron chi connectivity index (χ4n) is 3.99. The Kier molecular flexibility index (Phi) is 4.85. The Bertz CT molecular complexity index is 584. The molecule has 0 aromatic heterocycles. The van der Waals surface area contributed by atoms with Gasteiger partial charge in [-0.05, 0) is 42.9 Å². The predicted octanol–water partition coefficient (Wildman–Crippen LogP) is 3.84. The molecule has 23 heavy (non-hydrogen) atoms. The van der Waals surface area contributed by atoms with E-state index in [4.69, 9.17) is 5.26 Å². The summed E-state index contributed by atoms with van der Waals surface area (Å²) in [5.74, 6) is 1.54. The van der Waals surface area contributed by atoms with Crippen LogP contribution in [0.1, 0.15) is 56.2 Å². The maximum Gasteiger partial charge on any atom is 0.317 e. The third-order valence-corrected chi connectivity index (χ3v) is 5.46. The molecule has 0 spiro atoms. The van der Waals surface area contributed by atoms with E-state index in [9.17, 15) is 4.79 Å². The second-order valence-electron chi connectivity index (χ2n) is 6.94. The van der Waals surface area contributed by atoms with Crippen LogP contribution < -0.4 is 5.32 Å². The molecule has 1 heterocycles. The monoisotopic (exact) mass is 311 g/mol. The number of benzene rings is 1. The van der Waals surface area contributed by atoms with Gasteiger partial charge in [0.1, 0.15) is 0 Å². The number of carbonyl (C=O) groups excluding carboxylic acids is 1. The molecule has 1 aliphatic carbocycles. The summed E-state index contributed by atoms with van der Waals surface area (Å²) in [5, 5.41) is 11.9. The normalized spacial score (nSPS) is 22.8. The number of likely N-dealkylation sites (tertiary alicyclic amines) is 1. The fourth-order valence-corrected chi connectivity index (χ4v) is 3.99. The molecule has 3 rings (SSSR count). The van der Waals surface area contributed by atoms with E-state index in [1.165, 1.54) is 25.7 Å². The van der Waals surface area contributed by atoms with Crippen LogP contribution in [-0.4, -0.2) is 24.0 Å². The lowest BCUT2D eigenvalue weighted by molar-refractivity contribution is 0.201. The summed E-state index contributed by atoms with van der Waals surface area (Å²) in [7, 11) is 0. The number of nitrogens with one attached hydrogen (secondary N) is 1. The Hall–Kier alpha value is -2.02. The smallest absolute Gasteiger partial charge is 0.317 e. The average molecular weight is 311 g/mol. The van der Waals surface area contributed by atoms with Crippen molar-refractivity contribution in [1.29, 1.82) is 5.26 Å². The van der Waals surface area contributed by atoms with Crippen molar-refractivity contribution in [1.82, 2.24) is 10.2 Å². The molecule has 4 heteroatoms. The van der Waals surface area contributed by atoms with Gasteiger partial charge in [0.15, 0.2) is 0 Å². The number of nitrogens with zero attached hydrogens (tertiary/aromatic N) is 2. The first-order valence-electron chi connectivity index (χ1n) is 8.73. The second-order valence-corrected chi connectivity index (χ2v) is 6.94. The number of amides is 2. The van der Waals surface area contributed by atoms with Crippen LogP contribution in [0.25, 0.3) is 0 Å². The summed E-state index contributed by atoms with van der Waals surface area (Å²) in [6.45, 7) is 3.79. The molecular formula is C19H25N3O. The third kappa shape index (κ3) is 3.67. The maximum absolute atomic E-state index is 12.5. The van der Waals surface area contributed by atoms with E-state index >= 15 is 0 Å². The van der Waals surface area contributed by atoms with Gasteiger partial charge < -0.3 is 10.2 Å². The summed E-state index contributed by atoms with van der Waals surface area (Å²) in [6.07, 6.45) is 6.58. The van der Waals surface area contributed by atoms with Crippen LogP contribution in [-0.2, 0) is 0 Å². The summed E-state index contributed by atoms with van der Waals surface area (Å²) >= 11 is 0. The molecule has 1 N–H and O–H groups in total. The zero-order valence-corrected chi connectivity index (χ0v) is 13.8. The highest BCUT2D eigenvalue weighted by atomic mass is 16.2. The van der Waals surface area contributed by atoms with Crippen LogP contribution in [0.2, 0.25) is 0 Å². The van der Waals surface area contributed by atoms with Crippen LogP contribution in [0.5, 0.6) is 0 Å². The van der Waals surface area contributed by atoms with E-state index < -0.39 is 0 Å². The van der Waals surface area contributed by atoms with Crippen LogP contribution in [0, 0.1) is 23.2 Å². The summed E-state index contributed by atoms with van der Waals surface area (Å²) in [5.41, 5.74) is 1.68. The molecule has 0 bridgehead atoms. The minimum Gasteiger partial charge on any atom is -0.331 e. The highest BCUT2D eigenvalue weighted by Gasteiger charge is 2.33. The van der Waals surface area contributed by atoms with E-state index in [1.807, 2.05) is 24.0 Å². The van der Waals surface area contributed by atoms with E-state index in [-0.39, 0.29) is 12.1 Å². The van der Waals surface area contributed by atoms with Crippen LogP contribution in [0.15, 0.2) is 24.3 Å². The zero-order valence-electron chi connectivity index (χ0n) is 13.8. The molecule has 2 atom stereocenters. The molecular weight excluding hydrogens is 286 g/mol. The first-order chi connectivity index (χ1) is 11.2. The molecule has 2 fully saturated rings. The molecule has 4 nitrogen and oxygen atoms in total. The SMILES string of the molecule is CC(NC(=O)N1CCC(C2CCCC2)C1)c1ccc(C#N)cc1. The number of carbonyl (C=O) groups is 1. The Labute approximate surface area is 138 Å². The molecule has 1 aliphatic heterocycles. The van der Waals surface area contributed by atoms with Crippen molar-refractivity contribution in [2.45, 2.75) is 45.1 Å². The molecule has 2 unspecified atom stereocenters. The Morgan fingerprint density at radius 3 is 2.57 bits per heavy atom. The minimum atomic E-state index is -0.0410. The Morgan fingerprint density at radius 2 is 1.91 bits per heavy atom. The van der Waals surface area contributed by atoms with Crippen LogP contribution in [0.3, 0.4) is 0 Å². The quantitative estimate of drug-likeness (QED) is 0.922. The van der Waals surface area contributed by atoms with Crippen molar-refractivity contribution in [3.63, 3.8) is 0 Å². The Morgan fingerprint density at radius 1 is 1.22 bits per heavy atom. The van der Waals surface area contributed by atoms with Gasteiger partial charge in [0.25, 0.3) is 0 Å². The number of nitriles is 1. The van der Waals surface area contributed by atoms with E-state index in [0.717, 1.165) is 31.0 Å². The van der Waals surface area contributed by atoms with Crippen LogP contribution in [0.4, 0.5) is 4.79 Å². The van der Waals surface area contributed by atoms with Crippen LogP contribution >= 0.6 is 0 Å². The molecule has 1 aromatic carbocycles. The van der Waals surface area contributed by atoms with E-state index in [2.05, 4.69) is 11.4 Å². The number of hydrogen-bond donors (Lipinski definition) is 1. The molecule has 122 valence electrons. The van der Waals surface area contributed by atoms with Crippen molar-refractivity contribution in [3.05, 3.63) is 35.4 Å². The highest BCUT2D eigenvalue weighted by molar-refractivity contribution is 5.75. The predicted molar refractivity (Wildman–Crippen MR) is 89.7 cm³/mol. The van der Waals surface area contributed by atoms with Crippen molar-refractivity contribution in [2.24, 2.45) is 11.8 Å². The van der Waals surface area contributed by atoms with Crippen molar-refractivity contribution >= 4 is 6.03 Å². The second kappa shape index (κ2) is 7.04. The maximum atomic E-state index is 12.5. The van der Waals surface area contributed by atoms with Gasteiger partial charge in [-0.2, -0.15) is 5.26 Å². The van der Waals surface area contributed by atoms with Gasteiger partial charge in [-0.15, -0.1) is 0 Å². The van der Waals surface area contributed by atoms with E-state index in [1.54, 1.807) is 12.1 Å². The lowest BCUT2D eigenvalue weighted by Gasteiger charge is -2.22. The molecule has 2 amide bonds. The standard InChI is InChI=1S/C19H25N3O/c1-14(16-8-6-15(12-20)7-9-16)21-19(23)22-11-10-18(13-22)17-4-2-3-5-17/h6-9,14,17-18H,2-5,10-11,13H2,1H3,(H,21,23). The number of rotatable bonds is 3. The summed E-state index contributed by atoms with van der Waals surface area (Å²) < 4.78 is 0. The van der Waals surface area contributed by atoms with Gasteiger partial charge in [-0.1, -0.05) is 37.8 Å². The molecule has 2 aliphatic rings. The largest absolute Gasteiger partial charge is 0.331 e. The highest BCUT2D eigenvalue weighted by Crippen LogP contribution is 2.36. The number of urea groups is 1. The molecule has 1 saturated carbocycles. The lowest BCUT2D eigenvalue weighted by Crippen LogP contribution is -2.40. The minimum absolute atomic E-state index is 0.0410. The van der Waals surface area contributed by atoms with Gasteiger partial charge >= 0.3 is 6.03 Å². The van der Waals surface area contributed by atoms with Crippen molar-refractivity contribution in [3.8, 4) is 6.07 Å². The van der Waals surface area contributed by atoms with Crippen molar-refractivity contribution < 1.29 is 4.79 Å². The fraction of sp³-hybridized carbons (Fsp3) is 0.579. The van der Waals surface area contributed by atoms with Gasteiger partial charge in [0.05, 0.1) is 17.7 Å². The zero-order chi connectivity index (χ0) is 16.2. The lowest BCUT2D eigenvalue weighted by atomic mass is 9.90. The molecule has 1 aromatic rings. The van der Waals surface area contributed by atoms with Gasteiger partial charge in [0, 0.05) is 13.1 Å². The first-order valence-corrected chi connectivity index (χ1v) is 8.73.